The molecule has 178 valence electrons. The fourth-order valence-electron chi connectivity index (χ4n) is 3.69. The van der Waals surface area contributed by atoms with Gasteiger partial charge in [0.15, 0.2) is 22.5 Å². The summed E-state index contributed by atoms with van der Waals surface area (Å²) in [5, 5.41) is 12.5. The van der Waals surface area contributed by atoms with Crippen molar-refractivity contribution in [1.82, 2.24) is 20.1 Å². The van der Waals surface area contributed by atoms with Crippen LogP contribution in [0.1, 0.15) is 11.1 Å². The first kappa shape index (κ1) is 22.8. The van der Waals surface area contributed by atoms with Gasteiger partial charge in [0.2, 0.25) is 12.7 Å². The second-order valence-electron chi connectivity index (χ2n) is 7.86. The smallest absolute Gasteiger partial charge is 0.231 e. The minimum Gasteiger partial charge on any atom is -0.497 e. The van der Waals surface area contributed by atoms with Crippen LogP contribution in [-0.2, 0) is 17.9 Å². The lowest BCUT2D eigenvalue weighted by atomic mass is 10.2. The highest BCUT2D eigenvalue weighted by atomic mass is 32.2. The van der Waals surface area contributed by atoms with E-state index in [1.165, 1.54) is 11.8 Å². The number of hydrogen-bond donors (Lipinski definition) is 1. The number of carbonyl (C=O) groups is 1. The largest absolute Gasteiger partial charge is 0.497 e. The number of ether oxygens (including phenoxy) is 3. The van der Waals surface area contributed by atoms with Crippen molar-refractivity contribution in [3.63, 3.8) is 0 Å². The van der Waals surface area contributed by atoms with Crippen LogP contribution in [0, 0.1) is 0 Å². The van der Waals surface area contributed by atoms with Crippen LogP contribution in [0.5, 0.6) is 17.2 Å². The highest BCUT2D eigenvalue weighted by molar-refractivity contribution is 7.99. The Morgan fingerprint density at radius 3 is 2.57 bits per heavy atom. The quantitative estimate of drug-likeness (QED) is 0.354. The molecule has 3 aromatic carbocycles. The number of hydrogen-bond acceptors (Lipinski definition) is 7. The zero-order valence-electron chi connectivity index (χ0n) is 19.1. The van der Waals surface area contributed by atoms with Crippen molar-refractivity contribution < 1.29 is 19.0 Å². The number of aromatic nitrogens is 3. The first-order valence-electron chi connectivity index (χ1n) is 11.1. The van der Waals surface area contributed by atoms with Crippen molar-refractivity contribution in [2.75, 3.05) is 19.7 Å². The molecule has 8 nitrogen and oxygen atoms in total. The molecule has 0 spiro atoms. The summed E-state index contributed by atoms with van der Waals surface area (Å²) in [6.45, 7) is 1.21. The van der Waals surface area contributed by atoms with E-state index in [1.807, 2.05) is 77.4 Å². The van der Waals surface area contributed by atoms with Crippen molar-refractivity contribution in [1.29, 1.82) is 0 Å². The van der Waals surface area contributed by atoms with Gasteiger partial charge in [-0.1, -0.05) is 60.3 Å². The molecule has 1 aromatic heterocycles. The van der Waals surface area contributed by atoms with Gasteiger partial charge in [0, 0.05) is 12.1 Å². The molecule has 0 fully saturated rings. The van der Waals surface area contributed by atoms with Crippen molar-refractivity contribution in [3.05, 3.63) is 83.9 Å². The predicted molar refractivity (Wildman–Crippen MR) is 133 cm³/mol. The van der Waals surface area contributed by atoms with Gasteiger partial charge in [-0.05, 0) is 35.4 Å². The molecule has 0 aliphatic carbocycles. The summed E-state index contributed by atoms with van der Waals surface area (Å²) in [5.74, 6) is 3.14. The fourth-order valence-corrected chi connectivity index (χ4v) is 4.45. The zero-order chi connectivity index (χ0) is 24.0. The van der Waals surface area contributed by atoms with Crippen LogP contribution in [0.2, 0.25) is 0 Å². The van der Waals surface area contributed by atoms with Gasteiger partial charge in [-0.25, -0.2) is 0 Å². The topological polar surface area (TPSA) is 87.5 Å². The van der Waals surface area contributed by atoms with Gasteiger partial charge in [0.05, 0.1) is 19.4 Å². The first-order valence-corrected chi connectivity index (χ1v) is 12.1. The Kier molecular flexibility index (Phi) is 6.85. The number of nitrogens with zero attached hydrogens (tertiary/aromatic N) is 3. The first-order chi connectivity index (χ1) is 17.2. The third-order valence-electron chi connectivity index (χ3n) is 5.51. The summed E-state index contributed by atoms with van der Waals surface area (Å²) in [6, 6.07) is 23.4. The van der Waals surface area contributed by atoms with Crippen LogP contribution < -0.4 is 19.5 Å². The molecule has 2 heterocycles. The van der Waals surface area contributed by atoms with E-state index in [9.17, 15) is 4.79 Å². The maximum Gasteiger partial charge on any atom is 0.231 e. The van der Waals surface area contributed by atoms with Gasteiger partial charge in [0.25, 0.3) is 0 Å². The van der Waals surface area contributed by atoms with E-state index in [2.05, 4.69) is 15.5 Å². The lowest BCUT2D eigenvalue weighted by Gasteiger charge is -2.11. The predicted octanol–water partition coefficient (Wildman–Crippen LogP) is 4.14. The standard InChI is InChI=1S/C26H24N4O4S/c1-32-21-10-7-18(8-11-21)14-27-24(31)16-35-26-29-28-25(20-5-3-2-4-6-20)30(26)15-19-9-12-22-23(13-19)34-17-33-22/h2-13H,14-17H2,1H3,(H,27,31). The summed E-state index contributed by atoms with van der Waals surface area (Å²) in [4.78, 5) is 12.5. The fraction of sp³-hybridized carbons (Fsp3) is 0.192. The third kappa shape index (κ3) is 5.41. The molecule has 0 saturated heterocycles. The van der Waals surface area contributed by atoms with Crippen molar-refractivity contribution in [3.8, 4) is 28.6 Å². The molecule has 0 unspecified atom stereocenters. The summed E-state index contributed by atoms with van der Waals surface area (Å²) >= 11 is 1.36. The number of rotatable bonds is 9. The molecule has 9 heteroatoms. The van der Waals surface area contributed by atoms with E-state index in [1.54, 1.807) is 7.11 Å². The Hall–Kier alpha value is -3.98. The number of carbonyl (C=O) groups excluding carboxylic acids is 1. The average molecular weight is 489 g/mol. The van der Waals surface area contributed by atoms with E-state index < -0.39 is 0 Å². The van der Waals surface area contributed by atoms with Gasteiger partial charge in [0.1, 0.15) is 5.75 Å². The molecular weight excluding hydrogens is 464 g/mol. The number of thioether (sulfide) groups is 1. The van der Waals surface area contributed by atoms with E-state index in [0.717, 1.165) is 39.8 Å². The van der Waals surface area contributed by atoms with Crippen molar-refractivity contribution in [2.45, 2.75) is 18.2 Å². The van der Waals surface area contributed by atoms with Gasteiger partial charge in [-0.2, -0.15) is 0 Å². The van der Waals surface area contributed by atoms with Crippen LogP contribution in [0.25, 0.3) is 11.4 Å². The summed E-state index contributed by atoms with van der Waals surface area (Å²) in [5.41, 5.74) is 2.98. The van der Waals surface area contributed by atoms with E-state index in [-0.39, 0.29) is 18.5 Å². The Morgan fingerprint density at radius 2 is 1.77 bits per heavy atom. The molecule has 0 radical (unpaired) electrons. The SMILES string of the molecule is COc1ccc(CNC(=O)CSc2nnc(-c3ccccc3)n2Cc2ccc3c(c2)OCO3)cc1. The molecule has 0 atom stereocenters. The summed E-state index contributed by atoms with van der Waals surface area (Å²) < 4.78 is 18.2. The Bertz CT molecular complexity index is 1310. The van der Waals surface area contributed by atoms with Gasteiger partial charge in [-0.15, -0.1) is 10.2 Å². The molecule has 1 N–H and O–H groups in total. The van der Waals surface area contributed by atoms with Crippen molar-refractivity contribution in [2.24, 2.45) is 0 Å². The number of fused-ring (bicyclic) bond motifs is 1. The van der Waals surface area contributed by atoms with Crippen LogP contribution in [0.4, 0.5) is 0 Å². The highest BCUT2D eigenvalue weighted by Gasteiger charge is 2.18. The van der Waals surface area contributed by atoms with Gasteiger partial charge < -0.3 is 19.5 Å². The van der Waals surface area contributed by atoms with E-state index in [0.29, 0.717) is 18.2 Å². The Labute approximate surface area is 207 Å². The molecule has 1 amide bonds. The van der Waals surface area contributed by atoms with Crippen LogP contribution in [-0.4, -0.2) is 40.3 Å². The summed E-state index contributed by atoms with van der Waals surface area (Å²) in [6.07, 6.45) is 0. The second-order valence-corrected chi connectivity index (χ2v) is 8.80. The molecule has 0 bridgehead atoms. The van der Waals surface area contributed by atoms with E-state index >= 15 is 0 Å². The molecule has 5 rings (SSSR count). The average Bonchev–Trinajstić information content (AvgIpc) is 3.53. The maximum absolute atomic E-state index is 12.5. The van der Waals surface area contributed by atoms with E-state index in [4.69, 9.17) is 14.2 Å². The number of amides is 1. The number of nitrogens with one attached hydrogen (secondary N) is 1. The minimum atomic E-state index is -0.0790. The summed E-state index contributed by atoms with van der Waals surface area (Å²) in [7, 11) is 1.63. The number of benzene rings is 3. The molecule has 1 aliphatic rings. The Balaban J connectivity index is 1.29. The highest BCUT2D eigenvalue weighted by Crippen LogP contribution is 2.33. The van der Waals surface area contributed by atoms with Crippen LogP contribution >= 0.6 is 11.8 Å². The molecule has 35 heavy (non-hydrogen) atoms. The maximum atomic E-state index is 12.5. The lowest BCUT2D eigenvalue weighted by molar-refractivity contribution is -0.118. The van der Waals surface area contributed by atoms with Gasteiger partial charge >= 0.3 is 0 Å². The van der Waals surface area contributed by atoms with Crippen LogP contribution in [0.15, 0.2) is 78.0 Å². The monoisotopic (exact) mass is 488 g/mol. The molecular formula is C26H24N4O4S. The minimum absolute atomic E-state index is 0.0790. The second kappa shape index (κ2) is 10.5. The van der Waals surface area contributed by atoms with Crippen molar-refractivity contribution >= 4 is 17.7 Å². The Morgan fingerprint density at radius 1 is 1.00 bits per heavy atom. The van der Waals surface area contributed by atoms with Crippen LogP contribution in [0.3, 0.4) is 0 Å². The zero-order valence-corrected chi connectivity index (χ0v) is 20.0. The third-order valence-corrected chi connectivity index (χ3v) is 6.47. The molecule has 4 aromatic rings. The van der Waals surface area contributed by atoms with Gasteiger partial charge in [-0.3, -0.25) is 9.36 Å². The normalized spacial score (nSPS) is 11.9. The molecule has 0 saturated carbocycles. The lowest BCUT2D eigenvalue weighted by Crippen LogP contribution is -2.24. The molecule has 1 aliphatic heterocycles. The number of methoxy groups -OCH3 is 1.